The number of benzene rings is 1. The van der Waals surface area contributed by atoms with Gasteiger partial charge in [-0.2, -0.15) is 4.31 Å². The highest BCUT2D eigenvalue weighted by atomic mass is 32.2. The molecule has 0 bridgehead atoms. The Bertz CT molecular complexity index is 653. The first-order valence-corrected chi connectivity index (χ1v) is 10.3. The molecule has 1 fully saturated rings. The van der Waals surface area contributed by atoms with Gasteiger partial charge in [0.1, 0.15) is 5.75 Å². The van der Waals surface area contributed by atoms with Crippen molar-refractivity contribution in [3.8, 4) is 5.75 Å². The van der Waals surface area contributed by atoms with Crippen LogP contribution in [0.1, 0.15) is 24.2 Å². The van der Waals surface area contributed by atoms with Crippen LogP contribution < -0.4 is 10.1 Å². The molecule has 0 saturated carbocycles. The van der Waals surface area contributed by atoms with Crippen LogP contribution in [0.25, 0.3) is 0 Å². The van der Waals surface area contributed by atoms with E-state index in [1.54, 1.807) is 24.3 Å². The lowest BCUT2D eigenvalue weighted by molar-refractivity contribution is 0.0956. The minimum atomic E-state index is -3.33. The predicted octanol–water partition coefficient (Wildman–Crippen LogP) is 0.782. The highest BCUT2D eigenvalue weighted by molar-refractivity contribution is 7.89. The molecule has 8 heteroatoms. The molecule has 0 unspecified atom stereocenters. The number of sulfonamides is 1. The summed E-state index contributed by atoms with van der Waals surface area (Å²) in [4.78, 5) is 14.3. The number of hydrogen-bond acceptors (Lipinski definition) is 5. The Morgan fingerprint density at radius 2 is 1.76 bits per heavy atom. The highest BCUT2D eigenvalue weighted by Gasteiger charge is 2.26. The Labute approximate surface area is 150 Å². The third-order valence-corrected chi connectivity index (χ3v) is 6.12. The molecule has 7 nitrogen and oxygen atoms in total. The predicted molar refractivity (Wildman–Crippen MR) is 97.4 cm³/mol. The average molecular weight is 369 g/mol. The molecule has 1 amide bonds. The monoisotopic (exact) mass is 369 g/mol. The van der Waals surface area contributed by atoms with E-state index in [0.29, 0.717) is 31.0 Å². The molecule has 1 N–H and O–H groups in total. The second kappa shape index (κ2) is 9.17. The van der Waals surface area contributed by atoms with Gasteiger partial charge >= 0.3 is 0 Å². The number of carbonyl (C=O) groups is 1. The van der Waals surface area contributed by atoms with E-state index >= 15 is 0 Å². The Hall–Kier alpha value is -1.64. The Kier molecular flexibility index (Phi) is 7.22. The van der Waals surface area contributed by atoms with Crippen molar-refractivity contribution in [2.45, 2.75) is 13.8 Å². The number of nitrogens with one attached hydrogen (secondary N) is 1. The molecule has 2 rings (SSSR count). The molecule has 0 aromatic heterocycles. The zero-order valence-corrected chi connectivity index (χ0v) is 15.7. The fourth-order valence-corrected chi connectivity index (χ4v) is 4.06. The minimum Gasteiger partial charge on any atom is -0.494 e. The molecule has 0 radical (unpaired) electrons. The van der Waals surface area contributed by atoms with Crippen molar-refractivity contribution < 1.29 is 17.9 Å². The molecule has 1 aliphatic rings. The molecular formula is C17H27N3O4S. The fourth-order valence-electron chi connectivity index (χ4n) is 2.72. The van der Waals surface area contributed by atoms with E-state index in [9.17, 15) is 13.2 Å². The van der Waals surface area contributed by atoms with Crippen LogP contribution >= 0.6 is 0 Å². The number of carbonyl (C=O) groups excluding carboxylic acids is 1. The third-order valence-electron chi connectivity index (χ3n) is 4.24. The largest absolute Gasteiger partial charge is 0.494 e. The van der Waals surface area contributed by atoms with Gasteiger partial charge in [0.25, 0.3) is 5.91 Å². The van der Waals surface area contributed by atoms with Crippen LogP contribution in [0.5, 0.6) is 5.75 Å². The van der Waals surface area contributed by atoms with Gasteiger partial charge in [0.15, 0.2) is 0 Å². The summed E-state index contributed by atoms with van der Waals surface area (Å²) in [6.45, 7) is 8.11. The van der Waals surface area contributed by atoms with Gasteiger partial charge in [-0.15, -0.1) is 0 Å². The minimum absolute atomic E-state index is 0.0815. The number of piperazine rings is 1. The molecule has 1 saturated heterocycles. The molecule has 0 atom stereocenters. The quantitative estimate of drug-likeness (QED) is 0.733. The van der Waals surface area contributed by atoms with Gasteiger partial charge in [0, 0.05) is 38.3 Å². The number of hydrogen-bond donors (Lipinski definition) is 1. The summed E-state index contributed by atoms with van der Waals surface area (Å²) < 4.78 is 31.6. The SMILES string of the molecule is CCOc1ccc(C(=O)NCCS(=O)(=O)N2CCN(CC)CC2)cc1. The molecule has 0 aliphatic carbocycles. The Morgan fingerprint density at radius 1 is 1.12 bits per heavy atom. The molecule has 1 aliphatic heterocycles. The first kappa shape index (κ1) is 19.7. The van der Waals surface area contributed by atoms with E-state index in [4.69, 9.17) is 4.74 Å². The topological polar surface area (TPSA) is 78.9 Å². The third kappa shape index (κ3) is 5.69. The number of rotatable bonds is 8. The molecule has 0 spiro atoms. The van der Waals surface area contributed by atoms with E-state index < -0.39 is 10.0 Å². The van der Waals surface area contributed by atoms with E-state index in [2.05, 4.69) is 17.1 Å². The lowest BCUT2D eigenvalue weighted by atomic mass is 10.2. The zero-order valence-electron chi connectivity index (χ0n) is 14.9. The van der Waals surface area contributed by atoms with Gasteiger partial charge in [-0.25, -0.2) is 8.42 Å². The summed E-state index contributed by atoms with van der Waals surface area (Å²) in [7, 11) is -3.33. The van der Waals surface area contributed by atoms with Crippen LogP contribution in [-0.2, 0) is 10.0 Å². The number of nitrogens with zero attached hydrogens (tertiary/aromatic N) is 2. The second-order valence-electron chi connectivity index (χ2n) is 5.86. The van der Waals surface area contributed by atoms with Gasteiger partial charge in [-0.1, -0.05) is 6.92 Å². The van der Waals surface area contributed by atoms with Crippen LogP contribution in [-0.4, -0.2) is 75.2 Å². The first-order valence-electron chi connectivity index (χ1n) is 8.67. The van der Waals surface area contributed by atoms with Crippen LogP contribution in [0.3, 0.4) is 0 Å². The van der Waals surface area contributed by atoms with Crippen molar-refractivity contribution in [1.29, 1.82) is 0 Å². The van der Waals surface area contributed by atoms with E-state index in [-0.39, 0.29) is 18.2 Å². The molecule has 140 valence electrons. The standard InChI is InChI=1S/C17H27N3O4S/c1-3-19-10-12-20(13-11-19)25(22,23)14-9-18-17(21)15-5-7-16(8-6-15)24-4-2/h5-8H,3-4,9-14H2,1-2H3,(H,18,21). The van der Waals surface area contributed by atoms with Crippen molar-refractivity contribution in [2.24, 2.45) is 0 Å². The number of ether oxygens (including phenoxy) is 1. The first-order chi connectivity index (χ1) is 12.0. The maximum absolute atomic E-state index is 12.4. The smallest absolute Gasteiger partial charge is 0.251 e. The van der Waals surface area contributed by atoms with Crippen molar-refractivity contribution >= 4 is 15.9 Å². The van der Waals surface area contributed by atoms with Crippen LogP contribution in [0.2, 0.25) is 0 Å². The Balaban J connectivity index is 1.80. The Morgan fingerprint density at radius 3 is 2.32 bits per heavy atom. The van der Waals surface area contributed by atoms with Gasteiger partial charge in [0.05, 0.1) is 12.4 Å². The van der Waals surface area contributed by atoms with Gasteiger partial charge in [-0.3, -0.25) is 4.79 Å². The summed E-state index contributed by atoms with van der Waals surface area (Å²) in [5.41, 5.74) is 0.484. The van der Waals surface area contributed by atoms with Crippen LogP contribution in [0.4, 0.5) is 0 Å². The van der Waals surface area contributed by atoms with Crippen molar-refractivity contribution in [2.75, 3.05) is 51.6 Å². The second-order valence-corrected chi connectivity index (χ2v) is 7.95. The van der Waals surface area contributed by atoms with E-state index in [1.807, 2.05) is 6.92 Å². The number of likely N-dealkylation sites (N-methyl/N-ethyl adjacent to an activating group) is 1. The summed E-state index contributed by atoms with van der Waals surface area (Å²) in [6, 6.07) is 6.78. The maximum Gasteiger partial charge on any atom is 0.251 e. The van der Waals surface area contributed by atoms with E-state index in [0.717, 1.165) is 19.6 Å². The summed E-state index contributed by atoms with van der Waals surface area (Å²) in [5.74, 6) is 0.337. The fraction of sp³-hybridized carbons (Fsp3) is 0.588. The molecule has 1 aromatic rings. The average Bonchev–Trinajstić information content (AvgIpc) is 2.62. The lowest BCUT2D eigenvalue weighted by Crippen LogP contribution is -2.49. The van der Waals surface area contributed by atoms with Crippen LogP contribution in [0.15, 0.2) is 24.3 Å². The molecular weight excluding hydrogens is 342 g/mol. The zero-order chi connectivity index (χ0) is 18.3. The molecule has 1 heterocycles. The highest BCUT2D eigenvalue weighted by Crippen LogP contribution is 2.12. The molecule has 25 heavy (non-hydrogen) atoms. The van der Waals surface area contributed by atoms with Gasteiger partial charge in [-0.05, 0) is 37.7 Å². The summed E-state index contributed by atoms with van der Waals surface area (Å²) >= 11 is 0. The molecule has 1 aromatic carbocycles. The van der Waals surface area contributed by atoms with Gasteiger partial charge < -0.3 is 15.0 Å². The maximum atomic E-state index is 12.4. The summed E-state index contributed by atoms with van der Waals surface area (Å²) in [5, 5.41) is 2.67. The lowest BCUT2D eigenvalue weighted by Gasteiger charge is -2.33. The van der Waals surface area contributed by atoms with Crippen molar-refractivity contribution in [1.82, 2.24) is 14.5 Å². The normalized spacial score (nSPS) is 16.6. The number of amides is 1. The van der Waals surface area contributed by atoms with Crippen LogP contribution in [0, 0.1) is 0 Å². The van der Waals surface area contributed by atoms with E-state index in [1.165, 1.54) is 4.31 Å². The van der Waals surface area contributed by atoms with Crippen molar-refractivity contribution in [3.05, 3.63) is 29.8 Å². The van der Waals surface area contributed by atoms with Crippen molar-refractivity contribution in [3.63, 3.8) is 0 Å². The summed E-state index contributed by atoms with van der Waals surface area (Å²) in [6.07, 6.45) is 0. The van der Waals surface area contributed by atoms with Gasteiger partial charge in [0.2, 0.25) is 10.0 Å².